The van der Waals surface area contributed by atoms with Crippen molar-refractivity contribution >= 4 is 27.6 Å². The molecule has 1 aromatic rings. The first-order chi connectivity index (χ1) is 10.3. The molecule has 1 fully saturated rings. The molecule has 2 rings (SSSR count). The van der Waals surface area contributed by atoms with Crippen LogP contribution in [-0.2, 0) is 19.6 Å². The molecule has 1 saturated heterocycles. The van der Waals surface area contributed by atoms with Gasteiger partial charge >= 0.3 is 5.97 Å². The molecular formula is C13H16ClNO6S. The second kappa shape index (κ2) is 6.41. The van der Waals surface area contributed by atoms with Gasteiger partial charge in [0.25, 0.3) is 0 Å². The molecule has 0 spiro atoms. The zero-order valence-electron chi connectivity index (χ0n) is 11.8. The summed E-state index contributed by atoms with van der Waals surface area (Å²) in [6, 6.07) is 4.23. The summed E-state index contributed by atoms with van der Waals surface area (Å²) in [6.07, 6.45) is -0.0894. The van der Waals surface area contributed by atoms with Crippen LogP contribution in [0.25, 0.3) is 0 Å². The molecule has 0 saturated carbocycles. The molecule has 122 valence electrons. The second-order valence-electron chi connectivity index (χ2n) is 5.06. The number of carbonyl (C=O) groups is 1. The fourth-order valence-corrected chi connectivity index (χ4v) is 4.24. The van der Waals surface area contributed by atoms with Crippen LogP contribution >= 0.6 is 11.6 Å². The number of methoxy groups -OCH3 is 1. The van der Waals surface area contributed by atoms with Crippen molar-refractivity contribution in [2.45, 2.75) is 23.3 Å². The predicted molar refractivity (Wildman–Crippen MR) is 78.7 cm³/mol. The molecule has 2 N–H and O–H groups in total. The van der Waals surface area contributed by atoms with Crippen LogP contribution < -0.4 is 9.46 Å². The zero-order chi connectivity index (χ0) is 16.4. The van der Waals surface area contributed by atoms with Gasteiger partial charge in [0.15, 0.2) is 0 Å². The van der Waals surface area contributed by atoms with E-state index in [4.69, 9.17) is 26.2 Å². The van der Waals surface area contributed by atoms with Crippen LogP contribution in [0.3, 0.4) is 0 Å². The van der Waals surface area contributed by atoms with Crippen LogP contribution in [0.15, 0.2) is 23.1 Å². The number of aliphatic carboxylic acids is 1. The van der Waals surface area contributed by atoms with Crippen molar-refractivity contribution in [1.29, 1.82) is 0 Å². The van der Waals surface area contributed by atoms with E-state index in [2.05, 4.69) is 4.72 Å². The van der Waals surface area contributed by atoms with Gasteiger partial charge in [-0.05, 0) is 18.6 Å². The van der Waals surface area contributed by atoms with Gasteiger partial charge in [0.1, 0.15) is 10.6 Å². The highest BCUT2D eigenvalue weighted by atomic mass is 35.5. The molecule has 22 heavy (non-hydrogen) atoms. The molecule has 7 nitrogen and oxygen atoms in total. The van der Waals surface area contributed by atoms with Crippen molar-refractivity contribution in [3.63, 3.8) is 0 Å². The Morgan fingerprint density at radius 1 is 1.55 bits per heavy atom. The van der Waals surface area contributed by atoms with Crippen LogP contribution in [0.4, 0.5) is 0 Å². The molecule has 1 aliphatic heterocycles. The number of sulfonamides is 1. The fraction of sp³-hybridized carbons (Fsp3) is 0.462. The minimum Gasteiger partial charge on any atom is -0.497 e. The summed E-state index contributed by atoms with van der Waals surface area (Å²) in [5.41, 5.74) is -1.17. The Balaban J connectivity index is 2.35. The van der Waals surface area contributed by atoms with E-state index in [1.807, 2.05) is 0 Å². The van der Waals surface area contributed by atoms with Crippen molar-refractivity contribution in [2.75, 3.05) is 20.3 Å². The maximum absolute atomic E-state index is 12.6. The molecule has 0 aromatic heterocycles. The Kier molecular flexibility index (Phi) is 4.96. The molecular weight excluding hydrogens is 334 g/mol. The molecule has 1 heterocycles. The number of halogens is 1. The molecule has 0 aliphatic carbocycles. The molecule has 0 radical (unpaired) electrons. The summed E-state index contributed by atoms with van der Waals surface area (Å²) in [6.45, 7) is 0.293. The summed E-state index contributed by atoms with van der Waals surface area (Å²) in [4.78, 5) is 10.9. The third kappa shape index (κ3) is 3.70. The largest absolute Gasteiger partial charge is 0.497 e. The van der Waals surface area contributed by atoms with E-state index in [1.165, 1.54) is 25.3 Å². The summed E-state index contributed by atoms with van der Waals surface area (Å²) >= 11 is 5.95. The van der Waals surface area contributed by atoms with Gasteiger partial charge in [0.2, 0.25) is 10.0 Å². The number of carboxylic acid groups (broad SMARTS) is 1. The van der Waals surface area contributed by atoms with Gasteiger partial charge in [-0.25, -0.2) is 13.1 Å². The van der Waals surface area contributed by atoms with Crippen molar-refractivity contribution in [2.24, 2.45) is 0 Å². The number of benzene rings is 1. The summed E-state index contributed by atoms with van der Waals surface area (Å²) in [5.74, 6) is -0.773. The Labute approximate surface area is 133 Å². The molecule has 1 atom stereocenters. The number of nitrogens with one attached hydrogen (secondary N) is 1. The zero-order valence-corrected chi connectivity index (χ0v) is 13.4. The standard InChI is InChI=1S/C13H16ClNO6S/c1-20-9-2-3-10(14)11(6-9)22(18,19)15-13(7-12(16)17)4-5-21-8-13/h2-3,6,15H,4-5,7-8H2,1H3,(H,16,17). The first-order valence-corrected chi connectivity index (χ1v) is 8.31. The monoisotopic (exact) mass is 349 g/mol. The highest BCUT2D eigenvalue weighted by Gasteiger charge is 2.41. The van der Waals surface area contributed by atoms with E-state index in [0.29, 0.717) is 12.4 Å². The average Bonchev–Trinajstić information content (AvgIpc) is 2.85. The smallest absolute Gasteiger partial charge is 0.305 e. The second-order valence-corrected chi connectivity index (χ2v) is 7.11. The van der Waals surface area contributed by atoms with Crippen LogP contribution in [0, 0.1) is 0 Å². The van der Waals surface area contributed by atoms with Crippen molar-refractivity contribution in [1.82, 2.24) is 4.72 Å². The van der Waals surface area contributed by atoms with Crippen LogP contribution in [0.5, 0.6) is 5.75 Å². The normalized spacial score (nSPS) is 21.7. The van der Waals surface area contributed by atoms with Crippen molar-refractivity contribution in [3.05, 3.63) is 23.2 Å². The number of hydrogen-bond acceptors (Lipinski definition) is 5. The van der Waals surface area contributed by atoms with Crippen molar-refractivity contribution < 1.29 is 27.8 Å². The predicted octanol–water partition coefficient (Wildman–Crippen LogP) is 1.26. The van der Waals surface area contributed by atoms with E-state index in [-0.39, 0.29) is 29.4 Å². The van der Waals surface area contributed by atoms with Gasteiger partial charge in [-0.2, -0.15) is 0 Å². The Morgan fingerprint density at radius 2 is 2.27 bits per heavy atom. The van der Waals surface area contributed by atoms with Gasteiger partial charge < -0.3 is 14.6 Å². The topological polar surface area (TPSA) is 102 Å². The first kappa shape index (κ1) is 17.0. The van der Waals surface area contributed by atoms with Gasteiger partial charge in [-0.3, -0.25) is 4.79 Å². The first-order valence-electron chi connectivity index (χ1n) is 6.45. The highest BCUT2D eigenvalue weighted by molar-refractivity contribution is 7.89. The van der Waals surface area contributed by atoms with E-state index in [1.54, 1.807) is 0 Å². The molecule has 0 bridgehead atoms. The van der Waals surface area contributed by atoms with Gasteiger partial charge in [-0.1, -0.05) is 11.6 Å². The minimum atomic E-state index is -4.02. The summed E-state index contributed by atoms with van der Waals surface area (Å²) in [5, 5.41) is 9.03. The Morgan fingerprint density at radius 3 is 2.82 bits per heavy atom. The van der Waals surface area contributed by atoms with Crippen molar-refractivity contribution in [3.8, 4) is 5.75 Å². The SMILES string of the molecule is COc1ccc(Cl)c(S(=O)(=O)NC2(CC(=O)O)CCOC2)c1. The van der Waals surface area contributed by atoms with E-state index in [0.717, 1.165) is 0 Å². The minimum absolute atomic E-state index is 0.000117. The summed E-state index contributed by atoms with van der Waals surface area (Å²) < 4.78 is 37.7. The van der Waals surface area contributed by atoms with Gasteiger partial charge in [0, 0.05) is 12.7 Å². The molecule has 1 unspecified atom stereocenters. The molecule has 1 aromatic carbocycles. The van der Waals surface area contributed by atoms with Crippen LogP contribution in [-0.4, -0.2) is 45.4 Å². The van der Waals surface area contributed by atoms with Crippen LogP contribution in [0.1, 0.15) is 12.8 Å². The summed E-state index contributed by atoms with van der Waals surface area (Å²) in [7, 11) is -2.61. The van der Waals surface area contributed by atoms with E-state index >= 15 is 0 Å². The lowest BCUT2D eigenvalue weighted by Gasteiger charge is -2.26. The third-order valence-corrected chi connectivity index (χ3v) is 5.43. The van der Waals surface area contributed by atoms with Gasteiger partial charge in [0.05, 0.1) is 30.7 Å². The number of hydrogen-bond donors (Lipinski definition) is 2. The molecule has 9 heteroatoms. The molecule has 1 aliphatic rings. The lowest BCUT2D eigenvalue weighted by molar-refractivity contribution is -0.138. The molecule has 0 amide bonds. The Hall–Kier alpha value is -1.35. The van der Waals surface area contributed by atoms with E-state index in [9.17, 15) is 13.2 Å². The van der Waals surface area contributed by atoms with Gasteiger partial charge in [-0.15, -0.1) is 0 Å². The number of ether oxygens (including phenoxy) is 2. The van der Waals surface area contributed by atoms with E-state index < -0.39 is 21.5 Å². The Bertz CT molecular complexity index is 669. The lowest BCUT2D eigenvalue weighted by Crippen LogP contribution is -2.50. The highest BCUT2D eigenvalue weighted by Crippen LogP contribution is 2.30. The average molecular weight is 350 g/mol. The third-order valence-electron chi connectivity index (χ3n) is 3.37. The number of carboxylic acids is 1. The lowest BCUT2D eigenvalue weighted by atomic mass is 9.96. The number of rotatable bonds is 6. The van der Waals surface area contributed by atoms with Crippen LogP contribution in [0.2, 0.25) is 5.02 Å². The fourth-order valence-electron chi connectivity index (χ4n) is 2.31. The quantitative estimate of drug-likeness (QED) is 0.801. The maximum Gasteiger partial charge on any atom is 0.305 e. The maximum atomic E-state index is 12.6.